The van der Waals surface area contributed by atoms with E-state index in [1.807, 2.05) is 6.33 Å². The molecule has 3 heterocycles. The molecule has 0 saturated carbocycles. The Morgan fingerprint density at radius 3 is 2.82 bits per heavy atom. The van der Waals surface area contributed by atoms with Crippen LogP contribution >= 0.6 is 0 Å². The van der Waals surface area contributed by atoms with Crippen LogP contribution in [0.2, 0.25) is 0 Å². The van der Waals surface area contributed by atoms with Crippen LogP contribution in [0.5, 0.6) is 0 Å². The van der Waals surface area contributed by atoms with Gasteiger partial charge in [0.2, 0.25) is 5.95 Å². The van der Waals surface area contributed by atoms with Crippen molar-refractivity contribution in [2.24, 2.45) is 5.92 Å². The Kier molecular flexibility index (Phi) is 4.36. The summed E-state index contributed by atoms with van der Waals surface area (Å²) in [5, 5.41) is 0. The molecule has 0 radical (unpaired) electrons. The quantitative estimate of drug-likeness (QED) is 0.698. The van der Waals surface area contributed by atoms with Gasteiger partial charge in [0, 0.05) is 25.2 Å². The van der Waals surface area contributed by atoms with Gasteiger partial charge in [-0.1, -0.05) is 44.2 Å². The lowest BCUT2D eigenvalue weighted by Gasteiger charge is -2.27. The SMILES string of the molecule is CC(C)Cn1cnc2c(-c3cccc4c3C=CC4)nc(N3CCOCC3)nc21. The first-order chi connectivity index (χ1) is 13.7. The van der Waals surface area contributed by atoms with E-state index in [1.165, 1.54) is 11.1 Å². The van der Waals surface area contributed by atoms with Gasteiger partial charge in [-0.05, 0) is 23.5 Å². The van der Waals surface area contributed by atoms with E-state index in [-0.39, 0.29) is 0 Å². The zero-order valence-electron chi connectivity index (χ0n) is 16.4. The van der Waals surface area contributed by atoms with E-state index in [9.17, 15) is 0 Å². The fourth-order valence-corrected chi connectivity index (χ4v) is 4.05. The third kappa shape index (κ3) is 2.98. The second kappa shape index (κ2) is 7.02. The minimum absolute atomic E-state index is 0.520. The number of fused-ring (bicyclic) bond motifs is 2. The third-order valence-corrected chi connectivity index (χ3v) is 5.38. The number of anilines is 1. The number of imidazole rings is 1. The average Bonchev–Trinajstić information content (AvgIpc) is 3.35. The van der Waals surface area contributed by atoms with E-state index in [0.29, 0.717) is 19.1 Å². The molecule has 1 fully saturated rings. The summed E-state index contributed by atoms with van der Waals surface area (Å²) < 4.78 is 7.68. The maximum absolute atomic E-state index is 5.52. The van der Waals surface area contributed by atoms with Crippen molar-refractivity contribution in [3.63, 3.8) is 0 Å². The van der Waals surface area contributed by atoms with Gasteiger partial charge in [-0.3, -0.25) is 0 Å². The predicted octanol–water partition coefficient (Wildman–Crippen LogP) is 3.56. The minimum atomic E-state index is 0.520. The first-order valence-corrected chi connectivity index (χ1v) is 10.0. The Morgan fingerprint density at radius 2 is 2.00 bits per heavy atom. The highest BCUT2D eigenvalue weighted by Crippen LogP contribution is 2.34. The molecule has 0 spiro atoms. The highest BCUT2D eigenvalue weighted by molar-refractivity contribution is 5.92. The molecule has 2 aliphatic rings. The summed E-state index contributed by atoms with van der Waals surface area (Å²) in [6.45, 7) is 8.38. The standard InChI is InChI=1S/C22H25N5O/c1-15(2)13-27-14-23-20-19(18-8-4-6-16-5-3-7-17(16)18)24-22(25-21(20)27)26-9-11-28-12-10-26/h3-4,6-8,14-15H,5,9-13H2,1-2H3. The zero-order valence-corrected chi connectivity index (χ0v) is 16.4. The van der Waals surface area contributed by atoms with Crippen molar-refractivity contribution in [1.29, 1.82) is 0 Å². The monoisotopic (exact) mass is 375 g/mol. The van der Waals surface area contributed by atoms with Gasteiger partial charge in [0.1, 0.15) is 11.2 Å². The van der Waals surface area contributed by atoms with Crippen LogP contribution in [-0.4, -0.2) is 45.8 Å². The molecule has 0 N–H and O–H groups in total. The molecule has 28 heavy (non-hydrogen) atoms. The van der Waals surface area contributed by atoms with Gasteiger partial charge in [0.05, 0.1) is 19.5 Å². The van der Waals surface area contributed by atoms with Gasteiger partial charge in [-0.15, -0.1) is 0 Å². The molecular formula is C22H25N5O. The number of rotatable bonds is 4. The van der Waals surface area contributed by atoms with Crippen LogP contribution in [0.3, 0.4) is 0 Å². The maximum atomic E-state index is 5.52. The predicted molar refractivity (Wildman–Crippen MR) is 111 cm³/mol. The second-order valence-electron chi connectivity index (χ2n) is 7.92. The summed E-state index contributed by atoms with van der Waals surface area (Å²) in [5.74, 6) is 1.29. The fraction of sp³-hybridized carbons (Fsp3) is 0.409. The van der Waals surface area contributed by atoms with Crippen molar-refractivity contribution in [1.82, 2.24) is 19.5 Å². The van der Waals surface area contributed by atoms with Crippen molar-refractivity contribution >= 4 is 23.2 Å². The van der Waals surface area contributed by atoms with E-state index in [2.05, 4.69) is 53.7 Å². The highest BCUT2D eigenvalue weighted by atomic mass is 16.5. The molecule has 0 bridgehead atoms. The van der Waals surface area contributed by atoms with Gasteiger partial charge in [0.25, 0.3) is 0 Å². The number of benzene rings is 1. The molecule has 6 heteroatoms. The second-order valence-corrected chi connectivity index (χ2v) is 7.92. The van der Waals surface area contributed by atoms with Gasteiger partial charge in [0.15, 0.2) is 5.65 Å². The van der Waals surface area contributed by atoms with Crippen molar-refractivity contribution in [3.8, 4) is 11.3 Å². The third-order valence-electron chi connectivity index (χ3n) is 5.38. The molecule has 1 saturated heterocycles. The molecule has 0 unspecified atom stereocenters. The molecular weight excluding hydrogens is 350 g/mol. The summed E-state index contributed by atoms with van der Waals surface area (Å²) in [6, 6.07) is 6.47. The van der Waals surface area contributed by atoms with Crippen LogP contribution < -0.4 is 4.90 Å². The largest absolute Gasteiger partial charge is 0.378 e. The van der Waals surface area contributed by atoms with Crippen LogP contribution in [0, 0.1) is 5.92 Å². The summed E-state index contributed by atoms with van der Waals surface area (Å²) >= 11 is 0. The smallest absolute Gasteiger partial charge is 0.228 e. The Morgan fingerprint density at radius 1 is 1.14 bits per heavy atom. The van der Waals surface area contributed by atoms with E-state index < -0.39 is 0 Å². The van der Waals surface area contributed by atoms with Crippen LogP contribution in [0.4, 0.5) is 5.95 Å². The number of ether oxygens (including phenoxy) is 1. The summed E-state index contributed by atoms with van der Waals surface area (Å²) in [4.78, 5) is 16.9. The first-order valence-electron chi connectivity index (χ1n) is 10.0. The first kappa shape index (κ1) is 17.4. The lowest BCUT2D eigenvalue weighted by atomic mass is 10.0. The summed E-state index contributed by atoms with van der Waals surface area (Å²) in [7, 11) is 0. The van der Waals surface area contributed by atoms with Gasteiger partial charge in [-0.25, -0.2) is 9.97 Å². The van der Waals surface area contributed by atoms with Crippen LogP contribution in [0.15, 0.2) is 30.6 Å². The summed E-state index contributed by atoms with van der Waals surface area (Å²) in [5.41, 5.74) is 6.47. The number of nitrogens with zero attached hydrogens (tertiary/aromatic N) is 5. The molecule has 2 aromatic heterocycles. The molecule has 0 atom stereocenters. The van der Waals surface area contributed by atoms with Crippen LogP contribution in [0.25, 0.3) is 28.5 Å². The molecule has 144 valence electrons. The molecule has 3 aromatic rings. The maximum Gasteiger partial charge on any atom is 0.228 e. The topological polar surface area (TPSA) is 56.1 Å². The lowest BCUT2D eigenvalue weighted by Crippen LogP contribution is -2.37. The molecule has 1 aliphatic carbocycles. The number of morpholine rings is 1. The molecule has 0 amide bonds. The van der Waals surface area contributed by atoms with Crippen LogP contribution in [0.1, 0.15) is 25.0 Å². The molecule has 1 aliphatic heterocycles. The van der Waals surface area contributed by atoms with Crippen molar-refractivity contribution in [3.05, 3.63) is 41.7 Å². The summed E-state index contributed by atoms with van der Waals surface area (Å²) in [6.07, 6.45) is 7.31. The van der Waals surface area contributed by atoms with Gasteiger partial charge >= 0.3 is 0 Å². The van der Waals surface area contributed by atoms with Crippen molar-refractivity contribution in [2.75, 3.05) is 31.2 Å². The van der Waals surface area contributed by atoms with E-state index in [0.717, 1.165) is 54.4 Å². The van der Waals surface area contributed by atoms with Crippen molar-refractivity contribution < 1.29 is 4.74 Å². The molecule has 1 aromatic carbocycles. The fourth-order valence-electron chi connectivity index (χ4n) is 4.05. The number of hydrogen-bond acceptors (Lipinski definition) is 5. The van der Waals surface area contributed by atoms with Crippen molar-refractivity contribution in [2.45, 2.75) is 26.8 Å². The van der Waals surface area contributed by atoms with Gasteiger partial charge in [-0.2, -0.15) is 4.98 Å². The minimum Gasteiger partial charge on any atom is -0.378 e. The normalized spacial score (nSPS) is 16.3. The Bertz CT molecular complexity index is 1050. The van der Waals surface area contributed by atoms with Crippen LogP contribution in [-0.2, 0) is 17.7 Å². The average molecular weight is 375 g/mol. The van der Waals surface area contributed by atoms with E-state index in [1.54, 1.807) is 0 Å². The number of aromatic nitrogens is 4. The van der Waals surface area contributed by atoms with Gasteiger partial charge < -0.3 is 14.2 Å². The van der Waals surface area contributed by atoms with E-state index in [4.69, 9.17) is 19.7 Å². The molecule has 6 nitrogen and oxygen atoms in total. The van der Waals surface area contributed by atoms with E-state index >= 15 is 0 Å². The lowest BCUT2D eigenvalue weighted by molar-refractivity contribution is 0.122. The Hall–Kier alpha value is -2.73. The zero-order chi connectivity index (χ0) is 19.1. The Labute approximate surface area is 164 Å². The highest BCUT2D eigenvalue weighted by Gasteiger charge is 2.22. The molecule has 5 rings (SSSR count). The number of allylic oxidation sites excluding steroid dienone is 1. The number of hydrogen-bond donors (Lipinski definition) is 0. The Balaban J connectivity index is 1.72.